The molecule has 2 rings (SSSR count). The summed E-state index contributed by atoms with van der Waals surface area (Å²) in [6, 6.07) is 9.46. The standard InChI is InChI=1S/C15H17BrN2O2/c1-19-14-6-5-11(16)8-10(14)9-13(17)12-4-3-7-18-15(12)20-2/h3-8,13H,9,17H2,1-2H3. The third kappa shape index (κ3) is 3.29. The van der Waals surface area contributed by atoms with E-state index >= 15 is 0 Å². The molecule has 0 saturated carbocycles. The van der Waals surface area contributed by atoms with Crippen molar-refractivity contribution in [2.75, 3.05) is 14.2 Å². The molecular formula is C15H17BrN2O2. The molecule has 2 aromatic rings. The predicted octanol–water partition coefficient (Wildman–Crippen LogP) is 3.10. The average molecular weight is 337 g/mol. The highest BCUT2D eigenvalue weighted by Gasteiger charge is 2.15. The number of pyridine rings is 1. The molecule has 1 aromatic carbocycles. The highest BCUT2D eigenvalue weighted by Crippen LogP contribution is 2.29. The minimum atomic E-state index is -0.207. The van der Waals surface area contributed by atoms with E-state index in [9.17, 15) is 0 Å². The average Bonchev–Trinajstić information content (AvgIpc) is 2.47. The number of rotatable bonds is 5. The third-order valence-corrected chi connectivity index (χ3v) is 3.57. The molecule has 0 fully saturated rings. The fourth-order valence-electron chi connectivity index (χ4n) is 2.11. The van der Waals surface area contributed by atoms with Gasteiger partial charge in [0, 0.05) is 22.3 Å². The van der Waals surface area contributed by atoms with Crippen molar-refractivity contribution in [3.05, 3.63) is 52.1 Å². The zero-order valence-electron chi connectivity index (χ0n) is 11.5. The lowest BCUT2D eigenvalue weighted by Gasteiger charge is -2.16. The first-order valence-electron chi connectivity index (χ1n) is 6.22. The van der Waals surface area contributed by atoms with Gasteiger partial charge in [0.25, 0.3) is 0 Å². The second-order valence-electron chi connectivity index (χ2n) is 4.37. The van der Waals surface area contributed by atoms with Crippen LogP contribution >= 0.6 is 15.9 Å². The summed E-state index contributed by atoms with van der Waals surface area (Å²) in [6.45, 7) is 0. The largest absolute Gasteiger partial charge is 0.496 e. The van der Waals surface area contributed by atoms with Crippen LogP contribution in [0.1, 0.15) is 17.2 Å². The van der Waals surface area contributed by atoms with Gasteiger partial charge in [0.05, 0.1) is 14.2 Å². The van der Waals surface area contributed by atoms with Gasteiger partial charge in [-0.2, -0.15) is 0 Å². The van der Waals surface area contributed by atoms with Crippen LogP contribution < -0.4 is 15.2 Å². The minimum Gasteiger partial charge on any atom is -0.496 e. The second-order valence-corrected chi connectivity index (χ2v) is 5.28. The maximum Gasteiger partial charge on any atom is 0.217 e. The van der Waals surface area contributed by atoms with Crippen molar-refractivity contribution in [3.63, 3.8) is 0 Å². The fraction of sp³-hybridized carbons (Fsp3) is 0.267. The monoisotopic (exact) mass is 336 g/mol. The summed E-state index contributed by atoms with van der Waals surface area (Å²) in [6.07, 6.45) is 2.33. The predicted molar refractivity (Wildman–Crippen MR) is 82.1 cm³/mol. The molecular weight excluding hydrogens is 320 g/mol. The summed E-state index contributed by atoms with van der Waals surface area (Å²) in [5, 5.41) is 0. The molecule has 1 atom stereocenters. The Hall–Kier alpha value is -1.59. The topological polar surface area (TPSA) is 57.4 Å². The number of nitrogens with zero attached hydrogens (tertiary/aromatic N) is 1. The van der Waals surface area contributed by atoms with Crippen molar-refractivity contribution in [3.8, 4) is 11.6 Å². The van der Waals surface area contributed by atoms with Crippen LogP contribution in [-0.2, 0) is 6.42 Å². The van der Waals surface area contributed by atoms with Crippen LogP contribution in [0.3, 0.4) is 0 Å². The number of benzene rings is 1. The van der Waals surface area contributed by atoms with Crippen molar-refractivity contribution < 1.29 is 9.47 Å². The Balaban J connectivity index is 2.27. The molecule has 0 saturated heterocycles. The molecule has 0 aliphatic carbocycles. The van der Waals surface area contributed by atoms with Gasteiger partial charge in [-0.1, -0.05) is 22.0 Å². The highest BCUT2D eigenvalue weighted by atomic mass is 79.9. The molecule has 20 heavy (non-hydrogen) atoms. The van der Waals surface area contributed by atoms with Crippen LogP contribution in [0.15, 0.2) is 41.0 Å². The summed E-state index contributed by atoms with van der Waals surface area (Å²) in [4.78, 5) is 4.18. The van der Waals surface area contributed by atoms with E-state index in [0.717, 1.165) is 21.3 Å². The van der Waals surface area contributed by atoms with E-state index in [1.54, 1.807) is 20.4 Å². The maximum absolute atomic E-state index is 6.29. The molecule has 1 unspecified atom stereocenters. The number of methoxy groups -OCH3 is 2. The van der Waals surface area contributed by atoms with Gasteiger partial charge in [-0.3, -0.25) is 0 Å². The van der Waals surface area contributed by atoms with E-state index in [0.29, 0.717) is 12.3 Å². The molecule has 4 nitrogen and oxygen atoms in total. The molecule has 0 amide bonds. The van der Waals surface area contributed by atoms with Crippen molar-refractivity contribution in [1.29, 1.82) is 0 Å². The molecule has 0 aliphatic rings. The van der Waals surface area contributed by atoms with Crippen LogP contribution in [0.5, 0.6) is 11.6 Å². The van der Waals surface area contributed by atoms with E-state index < -0.39 is 0 Å². The van der Waals surface area contributed by atoms with Gasteiger partial charge in [-0.05, 0) is 36.2 Å². The summed E-state index contributed by atoms with van der Waals surface area (Å²) >= 11 is 3.47. The zero-order chi connectivity index (χ0) is 14.5. The van der Waals surface area contributed by atoms with Gasteiger partial charge in [0.2, 0.25) is 5.88 Å². The first kappa shape index (κ1) is 14.8. The van der Waals surface area contributed by atoms with E-state index in [2.05, 4.69) is 20.9 Å². The second kappa shape index (κ2) is 6.72. The van der Waals surface area contributed by atoms with Gasteiger partial charge in [0.1, 0.15) is 5.75 Å². The molecule has 1 heterocycles. The first-order chi connectivity index (χ1) is 9.65. The molecule has 0 aliphatic heterocycles. The van der Waals surface area contributed by atoms with Gasteiger partial charge in [-0.15, -0.1) is 0 Å². The lowest BCUT2D eigenvalue weighted by molar-refractivity contribution is 0.386. The van der Waals surface area contributed by atoms with E-state index in [1.165, 1.54) is 0 Å². The number of halogens is 1. The zero-order valence-corrected chi connectivity index (χ0v) is 13.1. The van der Waals surface area contributed by atoms with Crippen LogP contribution in [0.2, 0.25) is 0 Å². The van der Waals surface area contributed by atoms with Crippen LogP contribution in [0, 0.1) is 0 Å². The SMILES string of the molecule is COc1ccc(Br)cc1CC(N)c1cccnc1OC. The third-order valence-electron chi connectivity index (χ3n) is 3.08. The Morgan fingerprint density at radius 2 is 2.05 bits per heavy atom. The van der Waals surface area contributed by atoms with E-state index in [-0.39, 0.29) is 6.04 Å². The molecule has 0 spiro atoms. The quantitative estimate of drug-likeness (QED) is 0.911. The molecule has 5 heteroatoms. The van der Waals surface area contributed by atoms with Gasteiger partial charge in [-0.25, -0.2) is 4.98 Å². The molecule has 0 bridgehead atoms. The summed E-state index contributed by atoms with van der Waals surface area (Å²) in [5.74, 6) is 1.39. The number of nitrogens with two attached hydrogens (primary N) is 1. The van der Waals surface area contributed by atoms with Gasteiger partial charge >= 0.3 is 0 Å². The summed E-state index contributed by atoms with van der Waals surface area (Å²) in [7, 11) is 3.25. The van der Waals surface area contributed by atoms with Crippen molar-refractivity contribution >= 4 is 15.9 Å². The number of aromatic nitrogens is 1. The van der Waals surface area contributed by atoms with E-state index in [1.807, 2.05) is 30.3 Å². The Morgan fingerprint density at radius 3 is 2.75 bits per heavy atom. The number of ether oxygens (including phenoxy) is 2. The molecule has 1 aromatic heterocycles. The number of hydrogen-bond donors (Lipinski definition) is 1. The molecule has 0 radical (unpaired) electrons. The smallest absolute Gasteiger partial charge is 0.217 e. The highest BCUT2D eigenvalue weighted by molar-refractivity contribution is 9.10. The Morgan fingerprint density at radius 1 is 1.25 bits per heavy atom. The van der Waals surface area contributed by atoms with Crippen molar-refractivity contribution in [1.82, 2.24) is 4.98 Å². The summed E-state index contributed by atoms with van der Waals surface area (Å²) < 4.78 is 11.6. The molecule has 106 valence electrons. The normalized spacial score (nSPS) is 12.0. The maximum atomic E-state index is 6.29. The van der Waals surface area contributed by atoms with Crippen LogP contribution in [0.25, 0.3) is 0 Å². The van der Waals surface area contributed by atoms with Crippen LogP contribution in [0.4, 0.5) is 0 Å². The Bertz CT molecular complexity index is 590. The lowest BCUT2D eigenvalue weighted by Crippen LogP contribution is -2.15. The van der Waals surface area contributed by atoms with Crippen molar-refractivity contribution in [2.24, 2.45) is 5.73 Å². The van der Waals surface area contributed by atoms with Gasteiger partial charge < -0.3 is 15.2 Å². The van der Waals surface area contributed by atoms with Crippen molar-refractivity contribution in [2.45, 2.75) is 12.5 Å². The Labute approximate surface area is 127 Å². The minimum absolute atomic E-state index is 0.207. The summed E-state index contributed by atoms with van der Waals surface area (Å²) in [5.41, 5.74) is 8.21. The lowest BCUT2D eigenvalue weighted by atomic mass is 10.00. The Kier molecular flexibility index (Phi) is 4.98. The number of hydrogen-bond acceptors (Lipinski definition) is 4. The van der Waals surface area contributed by atoms with Crippen LogP contribution in [-0.4, -0.2) is 19.2 Å². The van der Waals surface area contributed by atoms with Gasteiger partial charge in [0.15, 0.2) is 0 Å². The molecule has 2 N–H and O–H groups in total. The van der Waals surface area contributed by atoms with E-state index in [4.69, 9.17) is 15.2 Å². The fourth-order valence-corrected chi connectivity index (χ4v) is 2.52. The first-order valence-corrected chi connectivity index (χ1v) is 7.02.